The van der Waals surface area contributed by atoms with Crippen LogP contribution in [0.15, 0.2) is 24.3 Å². The number of carbonyl (C=O) groups excluding carboxylic acids is 2. The fourth-order valence-electron chi connectivity index (χ4n) is 2.08. The molecular formula is C14H17FN2O2S. The minimum absolute atomic E-state index is 0.0558. The topological polar surface area (TPSA) is 49.4 Å². The molecule has 1 aromatic carbocycles. The van der Waals surface area contributed by atoms with Gasteiger partial charge in [-0.05, 0) is 31.5 Å². The van der Waals surface area contributed by atoms with E-state index in [9.17, 15) is 14.0 Å². The van der Waals surface area contributed by atoms with Crippen molar-refractivity contribution in [1.29, 1.82) is 0 Å². The minimum Gasteiger partial charge on any atom is -0.336 e. The molecule has 0 aromatic heterocycles. The second-order valence-corrected chi connectivity index (χ2v) is 6.38. The van der Waals surface area contributed by atoms with Crippen molar-refractivity contribution in [3.63, 3.8) is 0 Å². The Morgan fingerprint density at radius 2 is 2.00 bits per heavy atom. The van der Waals surface area contributed by atoms with Gasteiger partial charge in [0.1, 0.15) is 5.82 Å². The maximum absolute atomic E-state index is 12.9. The molecule has 0 unspecified atom stereocenters. The van der Waals surface area contributed by atoms with Gasteiger partial charge in [0, 0.05) is 18.3 Å². The number of hydrogen-bond donors (Lipinski definition) is 1. The third-order valence-corrected chi connectivity index (χ3v) is 4.51. The average Bonchev–Trinajstić information content (AvgIpc) is 2.84. The minimum atomic E-state index is -0.322. The van der Waals surface area contributed by atoms with E-state index in [4.69, 9.17) is 0 Å². The van der Waals surface area contributed by atoms with Gasteiger partial charge in [0.15, 0.2) is 0 Å². The Kier molecular flexibility index (Phi) is 4.65. The molecule has 0 aliphatic carbocycles. The van der Waals surface area contributed by atoms with Crippen LogP contribution in [0.5, 0.6) is 0 Å². The van der Waals surface area contributed by atoms with Crippen LogP contribution in [0.2, 0.25) is 0 Å². The second-order valence-electron chi connectivity index (χ2n) is 4.69. The van der Waals surface area contributed by atoms with Crippen LogP contribution in [0, 0.1) is 5.82 Å². The molecule has 1 heterocycles. The van der Waals surface area contributed by atoms with Crippen LogP contribution in [0.1, 0.15) is 24.7 Å². The normalized spacial score (nSPS) is 17.8. The van der Waals surface area contributed by atoms with Gasteiger partial charge < -0.3 is 5.32 Å². The molecule has 3 amide bonds. The molecule has 1 N–H and O–H groups in total. The number of hydrogen-bond acceptors (Lipinski definition) is 3. The molecule has 0 saturated carbocycles. The Morgan fingerprint density at radius 3 is 2.55 bits per heavy atom. The Hall–Kier alpha value is -1.56. The van der Waals surface area contributed by atoms with Gasteiger partial charge in [-0.3, -0.25) is 9.69 Å². The van der Waals surface area contributed by atoms with Gasteiger partial charge >= 0.3 is 6.03 Å². The highest BCUT2D eigenvalue weighted by molar-refractivity contribution is 8.00. The number of imide groups is 1. The number of thioether (sulfide) groups is 1. The van der Waals surface area contributed by atoms with E-state index in [-0.39, 0.29) is 28.3 Å². The molecule has 0 bridgehead atoms. The molecule has 6 heteroatoms. The van der Waals surface area contributed by atoms with Gasteiger partial charge in [0.2, 0.25) is 5.91 Å². The van der Waals surface area contributed by atoms with Crippen molar-refractivity contribution >= 4 is 23.7 Å². The number of halogens is 1. The summed E-state index contributed by atoms with van der Waals surface area (Å²) in [5.74, 6) is -0.456. The Labute approximate surface area is 121 Å². The van der Waals surface area contributed by atoms with E-state index in [1.54, 1.807) is 19.1 Å². The molecule has 1 aliphatic heterocycles. The number of rotatable bonds is 4. The van der Waals surface area contributed by atoms with E-state index in [1.165, 1.54) is 28.8 Å². The van der Waals surface area contributed by atoms with Crippen molar-refractivity contribution in [1.82, 2.24) is 10.2 Å². The summed E-state index contributed by atoms with van der Waals surface area (Å²) >= 11 is 1.46. The van der Waals surface area contributed by atoms with Crippen molar-refractivity contribution in [3.8, 4) is 0 Å². The van der Waals surface area contributed by atoms with Crippen LogP contribution in [-0.2, 0) is 4.79 Å². The van der Waals surface area contributed by atoms with Crippen LogP contribution in [0.4, 0.5) is 9.18 Å². The van der Waals surface area contributed by atoms with E-state index in [1.807, 2.05) is 6.92 Å². The predicted molar refractivity (Wildman–Crippen MR) is 77.0 cm³/mol. The van der Waals surface area contributed by atoms with Crippen molar-refractivity contribution in [2.45, 2.75) is 24.3 Å². The van der Waals surface area contributed by atoms with Crippen LogP contribution >= 0.6 is 11.8 Å². The molecule has 1 fully saturated rings. The second kappa shape index (κ2) is 6.26. The number of carbonyl (C=O) groups is 2. The highest BCUT2D eigenvalue weighted by Crippen LogP contribution is 2.32. The average molecular weight is 296 g/mol. The Bertz CT molecular complexity index is 506. The summed E-state index contributed by atoms with van der Waals surface area (Å²) in [7, 11) is 0. The quantitative estimate of drug-likeness (QED) is 0.929. The first-order valence-electron chi connectivity index (χ1n) is 6.49. The summed E-state index contributed by atoms with van der Waals surface area (Å²) in [6, 6.07) is 5.93. The molecule has 20 heavy (non-hydrogen) atoms. The first-order valence-corrected chi connectivity index (χ1v) is 7.43. The van der Waals surface area contributed by atoms with Crippen LogP contribution in [-0.4, -0.2) is 35.2 Å². The van der Waals surface area contributed by atoms with E-state index in [2.05, 4.69) is 5.32 Å². The van der Waals surface area contributed by atoms with Gasteiger partial charge in [-0.15, -0.1) is 11.8 Å². The molecule has 108 valence electrons. The van der Waals surface area contributed by atoms with E-state index in [0.29, 0.717) is 13.1 Å². The molecule has 1 aromatic rings. The van der Waals surface area contributed by atoms with Crippen LogP contribution in [0.25, 0.3) is 0 Å². The molecule has 1 saturated heterocycles. The zero-order valence-corrected chi connectivity index (χ0v) is 12.2. The highest BCUT2D eigenvalue weighted by atomic mass is 32.2. The van der Waals surface area contributed by atoms with Crippen molar-refractivity contribution < 1.29 is 14.0 Å². The molecule has 0 spiro atoms. The summed E-state index contributed by atoms with van der Waals surface area (Å²) in [5.41, 5.74) is 0.960. The fourth-order valence-corrected chi connectivity index (χ4v) is 3.25. The molecular weight excluding hydrogens is 279 g/mol. The summed E-state index contributed by atoms with van der Waals surface area (Å²) in [6.07, 6.45) is 0. The zero-order chi connectivity index (χ0) is 14.7. The smallest absolute Gasteiger partial charge is 0.324 e. The third-order valence-electron chi connectivity index (χ3n) is 3.22. The van der Waals surface area contributed by atoms with Gasteiger partial charge in [-0.2, -0.15) is 0 Å². The van der Waals surface area contributed by atoms with Crippen molar-refractivity contribution in [2.24, 2.45) is 0 Å². The zero-order valence-electron chi connectivity index (χ0n) is 11.4. The van der Waals surface area contributed by atoms with Gasteiger partial charge in [0.25, 0.3) is 0 Å². The summed E-state index contributed by atoms with van der Waals surface area (Å²) < 4.78 is 12.9. The number of benzene rings is 1. The van der Waals surface area contributed by atoms with Crippen LogP contribution in [0.3, 0.4) is 0 Å². The fraction of sp³-hybridized carbons (Fsp3) is 0.429. The monoisotopic (exact) mass is 296 g/mol. The Morgan fingerprint density at radius 1 is 1.35 bits per heavy atom. The van der Waals surface area contributed by atoms with E-state index in [0.717, 1.165) is 5.56 Å². The molecule has 2 rings (SSSR count). The largest absolute Gasteiger partial charge is 0.336 e. The standard InChI is InChI=1S/C14H17FN2O2S/c1-9(11-3-5-12(15)6-4-11)20-10(2)13(18)17-8-7-16-14(17)19/h3-6,9-10H,7-8H2,1-2H3,(H,16,19)/t9-,10+/m1/s1. The van der Waals surface area contributed by atoms with Crippen LogP contribution < -0.4 is 5.32 Å². The SMILES string of the molecule is C[C@H](S[C@H](C)c1ccc(F)cc1)C(=O)N1CCNC1=O. The Balaban J connectivity index is 1.96. The molecule has 1 aliphatic rings. The van der Waals surface area contributed by atoms with Gasteiger partial charge in [-0.25, -0.2) is 9.18 Å². The summed E-state index contributed by atoms with van der Waals surface area (Å²) in [4.78, 5) is 24.9. The van der Waals surface area contributed by atoms with Gasteiger partial charge in [0.05, 0.1) is 5.25 Å². The number of nitrogens with one attached hydrogen (secondary N) is 1. The lowest BCUT2D eigenvalue weighted by Crippen LogP contribution is -2.39. The number of nitrogens with zero attached hydrogens (tertiary/aromatic N) is 1. The lowest BCUT2D eigenvalue weighted by molar-refractivity contribution is -0.126. The number of amides is 3. The maximum Gasteiger partial charge on any atom is 0.324 e. The number of urea groups is 1. The lowest BCUT2D eigenvalue weighted by atomic mass is 10.2. The summed E-state index contributed by atoms with van der Waals surface area (Å²) in [6.45, 7) is 4.69. The van der Waals surface area contributed by atoms with Gasteiger partial charge in [-0.1, -0.05) is 12.1 Å². The maximum atomic E-state index is 12.9. The summed E-state index contributed by atoms with van der Waals surface area (Å²) in [5, 5.41) is 2.35. The van der Waals surface area contributed by atoms with E-state index >= 15 is 0 Å². The van der Waals surface area contributed by atoms with E-state index < -0.39 is 0 Å². The molecule has 4 nitrogen and oxygen atoms in total. The third kappa shape index (κ3) is 3.30. The first kappa shape index (κ1) is 14.8. The predicted octanol–water partition coefficient (Wildman–Crippen LogP) is 2.56. The molecule has 0 radical (unpaired) electrons. The first-order chi connectivity index (χ1) is 9.49. The molecule has 2 atom stereocenters. The highest BCUT2D eigenvalue weighted by Gasteiger charge is 2.30. The lowest BCUT2D eigenvalue weighted by Gasteiger charge is -2.20. The van der Waals surface area contributed by atoms with Crippen molar-refractivity contribution in [3.05, 3.63) is 35.6 Å². The van der Waals surface area contributed by atoms with Crippen molar-refractivity contribution in [2.75, 3.05) is 13.1 Å².